The Kier molecular flexibility index (Phi) is 5.74. The summed E-state index contributed by atoms with van der Waals surface area (Å²) in [5.74, 6) is -0.446. The largest absolute Gasteiger partial charge is 0.413 e. The van der Waals surface area contributed by atoms with Crippen LogP contribution in [0, 0.1) is 0 Å². The highest BCUT2D eigenvalue weighted by molar-refractivity contribution is 6.66. The second-order valence-corrected chi connectivity index (χ2v) is 6.65. The van der Waals surface area contributed by atoms with Crippen LogP contribution < -0.4 is 0 Å². The highest BCUT2D eigenvalue weighted by Crippen LogP contribution is 2.28. The van der Waals surface area contributed by atoms with Crippen molar-refractivity contribution in [1.82, 2.24) is 9.96 Å². The number of alkyl halides is 3. The van der Waals surface area contributed by atoms with E-state index in [0.29, 0.717) is 31.7 Å². The molecule has 1 aliphatic heterocycles. The van der Waals surface area contributed by atoms with Crippen LogP contribution in [0.15, 0.2) is 30.3 Å². The molecule has 0 aromatic heterocycles. The van der Waals surface area contributed by atoms with Crippen LogP contribution in [0.3, 0.4) is 0 Å². The minimum atomic E-state index is -2.09. The van der Waals surface area contributed by atoms with E-state index in [1.165, 1.54) is 9.96 Å². The van der Waals surface area contributed by atoms with Crippen molar-refractivity contribution in [3.8, 4) is 0 Å². The first kappa shape index (κ1) is 17.1. The molecule has 0 atom stereocenters. The molecule has 1 aromatic carbocycles. The third kappa shape index (κ3) is 5.21. The van der Waals surface area contributed by atoms with E-state index in [-0.39, 0.29) is 0 Å². The summed E-state index contributed by atoms with van der Waals surface area (Å²) in [5.41, 5.74) is 0.459. The van der Waals surface area contributed by atoms with Crippen LogP contribution in [-0.2, 0) is 9.57 Å². The molecule has 0 spiro atoms. The minimum absolute atomic E-state index is 0.293. The van der Waals surface area contributed by atoms with Gasteiger partial charge < -0.3 is 14.5 Å². The quantitative estimate of drug-likeness (QED) is 0.752. The standard InChI is InChI=1S/C13H13Cl3N2O4/c14-13(15,16)21-12(20)17-6-8-18(9-7-17)22-11(19)10-4-2-1-3-5-10/h1-5H,6-9H2. The number of nitrogens with zero attached hydrogens (tertiary/aromatic N) is 2. The Morgan fingerprint density at radius 2 is 1.59 bits per heavy atom. The first-order valence-electron chi connectivity index (χ1n) is 6.42. The number of carbonyl (C=O) groups is 2. The fourth-order valence-corrected chi connectivity index (χ4v) is 2.07. The minimum Gasteiger partial charge on any atom is -0.398 e. The molecule has 0 bridgehead atoms. The fourth-order valence-electron chi connectivity index (χ4n) is 1.87. The molecule has 0 saturated carbocycles. The maximum atomic E-state index is 11.9. The average molecular weight is 368 g/mol. The van der Waals surface area contributed by atoms with Gasteiger partial charge in [-0.05, 0) is 46.9 Å². The number of rotatable bonds is 2. The predicted molar refractivity (Wildman–Crippen MR) is 81.8 cm³/mol. The van der Waals surface area contributed by atoms with Gasteiger partial charge in [-0.25, -0.2) is 9.59 Å². The van der Waals surface area contributed by atoms with E-state index < -0.39 is 16.0 Å². The lowest BCUT2D eigenvalue weighted by atomic mass is 10.2. The van der Waals surface area contributed by atoms with Gasteiger partial charge in [0.1, 0.15) is 0 Å². The molecule has 0 aliphatic carbocycles. The first-order chi connectivity index (χ1) is 10.3. The molecule has 22 heavy (non-hydrogen) atoms. The number of piperazine rings is 1. The van der Waals surface area contributed by atoms with E-state index in [9.17, 15) is 9.59 Å². The van der Waals surface area contributed by atoms with Crippen molar-refractivity contribution in [1.29, 1.82) is 0 Å². The maximum absolute atomic E-state index is 11.9. The number of halogens is 3. The number of hydrogen-bond donors (Lipinski definition) is 0. The second kappa shape index (κ2) is 7.37. The zero-order valence-electron chi connectivity index (χ0n) is 11.4. The van der Waals surface area contributed by atoms with Crippen molar-refractivity contribution in [3.63, 3.8) is 0 Å². The lowest BCUT2D eigenvalue weighted by molar-refractivity contribution is -0.127. The van der Waals surface area contributed by atoms with Crippen LogP contribution in [0.25, 0.3) is 0 Å². The van der Waals surface area contributed by atoms with E-state index >= 15 is 0 Å². The molecule has 1 heterocycles. The molecule has 1 aromatic rings. The number of hydrogen-bond acceptors (Lipinski definition) is 5. The Hall–Kier alpha value is -1.21. The van der Waals surface area contributed by atoms with Crippen LogP contribution in [0.4, 0.5) is 4.79 Å². The number of hydroxylamine groups is 2. The molecule has 9 heteroatoms. The third-order valence-corrected chi connectivity index (χ3v) is 3.15. The van der Waals surface area contributed by atoms with Gasteiger partial charge in [0.2, 0.25) is 0 Å². The second-order valence-electron chi connectivity index (χ2n) is 4.47. The van der Waals surface area contributed by atoms with Crippen LogP contribution in [0.1, 0.15) is 10.4 Å². The Labute approximate surface area is 142 Å². The summed E-state index contributed by atoms with van der Waals surface area (Å²) < 4.78 is 2.53. The molecular formula is C13H13Cl3N2O4. The molecule has 1 saturated heterocycles. The highest BCUT2D eigenvalue weighted by atomic mass is 35.6. The maximum Gasteiger partial charge on any atom is 0.413 e. The van der Waals surface area contributed by atoms with Crippen molar-refractivity contribution in [2.24, 2.45) is 0 Å². The van der Waals surface area contributed by atoms with Crippen molar-refractivity contribution >= 4 is 46.9 Å². The first-order valence-corrected chi connectivity index (χ1v) is 7.55. The molecule has 1 aliphatic rings. The normalized spacial score (nSPS) is 16.2. The van der Waals surface area contributed by atoms with Gasteiger partial charge in [0.25, 0.3) is 0 Å². The Morgan fingerprint density at radius 3 is 2.14 bits per heavy atom. The van der Waals surface area contributed by atoms with E-state index in [1.807, 2.05) is 6.07 Å². The molecule has 1 fully saturated rings. The molecule has 0 radical (unpaired) electrons. The summed E-state index contributed by atoms with van der Waals surface area (Å²) in [5, 5.41) is 1.48. The zero-order valence-corrected chi connectivity index (χ0v) is 13.6. The Bertz CT molecular complexity index is 528. The summed E-state index contributed by atoms with van der Waals surface area (Å²) in [6, 6.07) is 8.64. The monoisotopic (exact) mass is 366 g/mol. The van der Waals surface area contributed by atoms with Gasteiger partial charge in [0.05, 0.1) is 18.7 Å². The van der Waals surface area contributed by atoms with Gasteiger partial charge in [-0.1, -0.05) is 18.2 Å². The van der Waals surface area contributed by atoms with Gasteiger partial charge in [0.15, 0.2) is 0 Å². The number of ether oxygens (including phenoxy) is 1. The third-order valence-electron chi connectivity index (χ3n) is 2.92. The molecule has 120 valence electrons. The van der Waals surface area contributed by atoms with Gasteiger partial charge in [-0.15, -0.1) is 5.06 Å². The van der Waals surface area contributed by atoms with Gasteiger partial charge in [-0.3, -0.25) is 0 Å². The smallest absolute Gasteiger partial charge is 0.398 e. The topological polar surface area (TPSA) is 59.1 Å². The Balaban J connectivity index is 1.80. The molecule has 0 unspecified atom stereocenters. The summed E-state index contributed by atoms with van der Waals surface area (Å²) in [4.78, 5) is 30.2. The SMILES string of the molecule is O=C(ON1CCN(C(=O)OC(Cl)(Cl)Cl)CC1)c1ccccc1. The van der Waals surface area contributed by atoms with E-state index in [2.05, 4.69) is 4.74 Å². The molecule has 1 amide bonds. The van der Waals surface area contributed by atoms with Crippen LogP contribution in [0.5, 0.6) is 0 Å². The molecule has 6 nitrogen and oxygen atoms in total. The zero-order chi connectivity index (χ0) is 16.2. The Morgan fingerprint density at radius 1 is 1.00 bits per heavy atom. The molecule has 2 rings (SSSR count). The lowest BCUT2D eigenvalue weighted by Crippen LogP contribution is -2.49. The van der Waals surface area contributed by atoms with Gasteiger partial charge >= 0.3 is 16.0 Å². The van der Waals surface area contributed by atoms with E-state index in [1.54, 1.807) is 24.3 Å². The summed E-state index contributed by atoms with van der Waals surface area (Å²) in [7, 11) is 0. The van der Waals surface area contributed by atoms with Crippen LogP contribution in [0.2, 0.25) is 0 Å². The van der Waals surface area contributed by atoms with E-state index in [0.717, 1.165) is 0 Å². The highest BCUT2D eigenvalue weighted by Gasteiger charge is 2.31. The average Bonchev–Trinajstić information content (AvgIpc) is 2.47. The van der Waals surface area contributed by atoms with E-state index in [4.69, 9.17) is 39.6 Å². The predicted octanol–water partition coefficient (Wildman–Crippen LogP) is 2.84. The molecular weight excluding hydrogens is 355 g/mol. The summed E-state index contributed by atoms with van der Waals surface area (Å²) >= 11 is 16.2. The van der Waals surface area contributed by atoms with Crippen molar-refractivity contribution < 1.29 is 19.2 Å². The van der Waals surface area contributed by atoms with Crippen molar-refractivity contribution in [3.05, 3.63) is 35.9 Å². The number of amides is 1. The van der Waals surface area contributed by atoms with Gasteiger partial charge in [0, 0.05) is 13.1 Å². The van der Waals surface area contributed by atoms with Crippen molar-refractivity contribution in [2.75, 3.05) is 26.2 Å². The lowest BCUT2D eigenvalue weighted by Gasteiger charge is -2.33. The summed E-state index contributed by atoms with van der Waals surface area (Å²) in [6.07, 6.45) is -0.728. The number of benzene rings is 1. The summed E-state index contributed by atoms with van der Waals surface area (Å²) in [6.45, 7) is 1.27. The number of carbonyl (C=O) groups excluding carboxylic acids is 2. The van der Waals surface area contributed by atoms with Crippen LogP contribution >= 0.6 is 34.8 Å². The van der Waals surface area contributed by atoms with Gasteiger partial charge in [-0.2, -0.15) is 0 Å². The molecule has 0 N–H and O–H groups in total. The van der Waals surface area contributed by atoms with Crippen LogP contribution in [-0.4, -0.2) is 52.2 Å². The van der Waals surface area contributed by atoms with Crippen molar-refractivity contribution in [2.45, 2.75) is 3.98 Å². The fraction of sp³-hybridized carbons (Fsp3) is 0.385.